The number of amides is 1. The summed E-state index contributed by atoms with van der Waals surface area (Å²) in [6.45, 7) is 6.50. The number of benzene rings is 1. The molecule has 1 amide bonds. The summed E-state index contributed by atoms with van der Waals surface area (Å²) < 4.78 is 5.50. The van der Waals surface area contributed by atoms with Crippen molar-refractivity contribution in [3.05, 3.63) is 40.4 Å². The number of nitrogens with zero attached hydrogens (tertiary/aromatic N) is 5. The van der Waals surface area contributed by atoms with E-state index in [9.17, 15) is 4.79 Å². The number of fused-ring (bicyclic) bond motifs is 1. The lowest BCUT2D eigenvalue weighted by molar-refractivity contribution is 0.0929. The summed E-state index contributed by atoms with van der Waals surface area (Å²) in [4.78, 5) is 29.6. The molecule has 34 heavy (non-hydrogen) atoms. The van der Waals surface area contributed by atoms with Crippen molar-refractivity contribution in [1.29, 1.82) is 0 Å². The Labute approximate surface area is 201 Å². The van der Waals surface area contributed by atoms with E-state index in [1.807, 2.05) is 31.2 Å². The number of piperidine rings is 1. The van der Waals surface area contributed by atoms with Crippen LogP contribution in [-0.2, 0) is 4.74 Å². The fourth-order valence-electron chi connectivity index (χ4n) is 4.08. The Morgan fingerprint density at radius 3 is 2.85 bits per heavy atom. The van der Waals surface area contributed by atoms with Gasteiger partial charge in [0.05, 0.1) is 19.4 Å². The number of morpholine rings is 1. The monoisotopic (exact) mass is 480 g/mol. The van der Waals surface area contributed by atoms with Gasteiger partial charge in [0.25, 0.3) is 5.91 Å². The quantitative estimate of drug-likeness (QED) is 0.363. The molecule has 0 saturated carbocycles. The Balaban J connectivity index is 1.41. The van der Waals surface area contributed by atoms with E-state index in [2.05, 4.69) is 36.0 Å². The van der Waals surface area contributed by atoms with Crippen LogP contribution in [0.4, 0.5) is 11.8 Å². The number of hydrogen-bond donors (Lipinski definition) is 3. The topological polar surface area (TPSA) is 117 Å². The summed E-state index contributed by atoms with van der Waals surface area (Å²) in [6.07, 6.45) is 3.57. The molecule has 0 unspecified atom stereocenters. The van der Waals surface area contributed by atoms with Gasteiger partial charge in [-0.25, -0.2) is 10.4 Å². The van der Waals surface area contributed by atoms with E-state index >= 15 is 0 Å². The Kier molecular flexibility index (Phi) is 6.93. The molecule has 178 valence electrons. The maximum absolute atomic E-state index is 12.9. The zero-order valence-electron chi connectivity index (χ0n) is 19.1. The zero-order valence-corrected chi connectivity index (χ0v) is 19.9. The lowest BCUT2D eigenvalue weighted by Crippen LogP contribution is -2.42. The van der Waals surface area contributed by atoms with Crippen molar-refractivity contribution in [2.45, 2.75) is 25.8 Å². The molecular weight excluding hydrogens is 452 g/mol. The number of aromatic nitrogens is 3. The fraction of sp³-hybridized carbons (Fsp3) is 0.435. The highest BCUT2D eigenvalue weighted by Gasteiger charge is 2.24. The van der Waals surface area contributed by atoms with E-state index in [1.54, 1.807) is 6.21 Å². The number of thiazole rings is 1. The van der Waals surface area contributed by atoms with Gasteiger partial charge in [-0.05, 0) is 38.4 Å². The van der Waals surface area contributed by atoms with Crippen molar-refractivity contribution in [2.75, 3.05) is 49.7 Å². The predicted molar refractivity (Wildman–Crippen MR) is 134 cm³/mol. The molecule has 3 aromatic rings. The van der Waals surface area contributed by atoms with Gasteiger partial charge >= 0.3 is 0 Å². The van der Waals surface area contributed by atoms with Crippen LogP contribution in [0.25, 0.3) is 10.3 Å². The Bertz CT molecular complexity index is 1180. The molecule has 1 aromatic carbocycles. The van der Waals surface area contributed by atoms with Gasteiger partial charge in [0.2, 0.25) is 5.95 Å². The number of carbonyl (C=O) groups excluding carboxylic acids is 1. The van der Waals surface area contributed by atoms with Gasteiger partial charge in [-0.15, -0.1) is 0 Å². The van der Waals surface area contributed by atoms with Gasteiger partial charge in [-0.3, -0.25) is 4.79 Å². The molecule has 2 fully saturated rings. The number of nitrogens with one attached hydrogen (secondary N) is 3. The standard InChI is InChI=1S/C23H28N8O2S/c1-15-3-2-4-16(13-15)14-25-30-23-28-19(31-9-11-33-12-10-31)18-21(29-23)34-22(27-18)20(32)26-17-5-7-24-8-6-17/h2-4,13-14,17,24H,5-12H2,1H3,(H,26,32)(H,28,29,30)/b25-14+. The van der Waals surface area contributed by atoms with Gasteiger partial charge in [-0.1, -0.05) is 41.2 Å². The highest BCUT2D eigenvalue weighted by molar-refractivity contribution is 7.20. The summed E-state index contributed by atoms with van der Waals surface area (Å²) in [7, 11) is 0. The third-order valence-electron chi connectivity index (χ3n) is 5.84. The molecule has 0 bridgehead atoms. The number of hydrogen-bond acceptors (Lipinski definition) is 10. The molecule has 0 aliphatic carbocycles. The van der Waals surface area contributed by atoms with Gasteiger partial charge in [-0.2, -0.15) is 15.1 Å². The Morgan fingerprint density at radius 2 is 2.06 bits per heavy atom. The highest BCUT2D eigenvalue weighted by atomic mass is 32.1. The van der Waals surface area contributed by atoms with Crippen LogP contribution in [0.3, 0.4) is 0 Å². The van der Waals surface area contributed by atoms with Crippen molar-refractivity contribution >= 4 is 45.6 Å². The Morgan fingerprint density at radius 1 is 1.24 bits per heavy atom. The molecule has 2 aliphatic rings. The van der Waals surface area contributed by atoms with E-state index in [0.717, 1.165) is 37.1 Å². The minimum absolute atomic E-state index is 0.158. The normalized spacial score (nSPS) is 17.4. The molecule has 3 N–H and O–H groups in total. The molecule has 11 heteroatoms. The van der Waals surface area contributed by atoms with E-state index in [0.29, 0.717) is 53.4 Å². The van der Waals surface area contributed by atoms with Crippen molar-refractivity contribution in [3.8, 4) is 0 Å². The summed E-state index contributed by atoms with van der Waals surface area (Å²) in [5, 5.41) is 11.1. The summed E-state index contributed by atoms with van der Waals surface area (Å²) in [6, 6.07) is 8.23. The summed E-state index contributed by atoms with van der Waals surface area (Å²) in [5.74, 6) is 0.903. The largest absolute Gasteiger partial charge is 0.378 e. The first kappa shape index (κ1) is 22.6. The molecule has 0 atom stereocenters. The molecular formula is C23H28N8O2S. The van der Waals surface area contributed by atoms with Crippen LogP contribution in [0.2, 0.25) is 0 Å². The maximum atomic E-state index is 12.9. The van der Waals surface area contributed by atoms with E-state index in [1.165, 1.54) is 11.3 Å². The lowest BCUT2D eigenvalue weighted by atomic mass is 10.1. The first-order valence-corrected chi connectivity index (χ1v) is 12.4. The van der Waals surface area contributed by atoms with Crippen molar-refractivity contribution in [1.82, 2.24) is 25.6 Å². The van der Waals surface area contributed by atoms with E-state index < -0.39 is 0 Å². The minimum Gasteiger partial charge on any atom is -0.378 e. The van der Waals surface area contributed by atoms with Crippen LogP contribution in [0.1, 0.15) is 33.8 Å². The molecule has 0 spiro atoms. The van der Waals surface area contributed by atoms with Crippen molar-refractivity contribution < 1.29 is 9.53 Å². The SMILES string of the molecule is Cc1cccc(/C=N/Nc2nc(N3CCOCC3)c3nc(C(=O)NC4CCNCC4)sc3n2)c1. The third kappa shape index (κ3) is 5.32. The number of rotatable bonds is 6. The number of ether oxygens (including phenoxy) is 1. The van der Waals surface area contributed by atoms with Crippen molar-refractivity contribution in [2.24, 2.45) is 5.10 Å². The van der Waals surface area contributed by atoms with Gasteiger partial charge in [0.1, 0.15) is 5.52 Å². The van der Waals surface area contributed by atoms with Gasteiger partial charge in [0.15, 0.2) is 15.7 Å². The third-order valence-corrected chi connectivity index (χ3v) is 6.79. The zero-order chi connectivity index (χ0) is 23.3. The number of carbonyl (C=O) groups is 1. The molecule has 10 nitrogen and oxygen atoms in total. The van der Waals surface area contributed by atoms with E-state index in [-0.39, 0.29) is 11.9 Å². The lowest BCUT2D eigenvalue weighted by Gasteiger charge is -2.27. The van der Waals surface area contributed by atoms with Crippen molar-refractivity contribution in [3.63, 3.8) is 0 Å². The summed E-state index contributed by atoms with van der Waals surface area (Å²) >= 11 is 1.28. The maximum Gasteiger partial charge on any atom is 0.280 e. The predicted octanol–water partition coefficient (Wildman–Crippen LogP) is 2.16. The van der Waals surface area contributed by atoms with Gasteiger partial charge in [0, 0.05) is 19.1 Å². The van der Waals surface area contributed by atoms with E-state index in [4.69, 9.17) is 9.72 Å². The van der Waals surface area contributed by atoms with Crippen LogP contribution >= 0.6 is 11.3 Å². The second-order valence-corrected chi connectivity index (χ2v) is 9.40. The first-order valence-electron chi connectivity index (χ1n) is 11.5. The molecule has 0 radical (unpaired) electrons. The molecule has 5 rings (SSSR count). The van der Waals surface area contributed by atoms with Gasteiger partial charge < -0.3 is 20.3 Å². The second-order valence-electron chi connectivity index (χ2n) is 8.42. The average Bonchev–Trinajstić information content (AvgIpc) is 3.29. The average molecular weight is 481 g/mol. The molecule has 2 saturated heterocycles. The molecule has 2 aromatic heterocycles. The van der Waals surface area contributed by atoms with Crippen LogP contribution in [-0.4, -0.2) is 72.5 Å². The summed E-state index contributed by atoms with van der Waals surface area (Å²) in [5.41, 5.74) is 5.73. The smallest absolute Gasteiger partial charge is 0.280 e. The molecule has 4 heterocycles. The number of anilines is 2. The van der Waals surface area contributed by atoms with Crippen LogP contribution in [0.15, 0.2) is 29.4 Å². The second kappa shape index (κ2) is 10.4. The number of aryl methyl sites for hydroxylation is 1. The fourth-order valence-corrected chi connectivity index (χ4v) is 4.92. The van der Waals surface area contributed by atoms with Crippen LogP contribution in [0, 0.1) is 6.92 Å². The first-order chi connectivity index (χ1) is 16.7. The minimum atomic E-state index is -0.158. The number of hydrazone groups is 1. The molecule has 2 aliphatic heterocycles. The van der Waals surface area contributed by atoms with Crippen LogP contribution < -0.4 is 21.0 Å². The highest BCUT2D eigenvalue weighted by Crippen LogP contribution is 2.30. The Hall–Kier alpha value is -3.15. The van der Waals surface area contributed by atoms with Crippen LogP contribution in [0.5, 0.6) is 0 Å².